The number of nitrogens with one attached hydrogen (secondary N) is 1. The highest BCUT2D eigenvalue weighted by atomic mass is 127. The van der Waals surface area contributed by atoms with Crippen LogP contribution in [0.3, 0.4) is 0 Å². The van der Waals surface area contributed by atoms with Crippen molar-refractivity contribution in [3.8, 4) is 0 Å². The van der Waals surface area contributed by atoms with Gasteiger partial charge in [-0.2, -0.15) is 0 Å². The van der Waals surface area contributed by atoms with Gasteiger partial charge in [-0.25, -0.2) is 0 Å². The number of likely N-dealkylation sites (tertiary alicyclic amines) is 1. The number of hydrogen-bond donors (Lipinski definition) is 2. The first-order valence-corrected chi connectivity index (χ1v) is 9.87. The Bertz CT molecular complexity index is 715. The summed E-state index contributed by atoms with van der Waals surface area (Å²) in [5, 5.41) is 5.37. The van der Waals surface area contributed by atoms with Crippen LogP contribution in [0, 0.1) is 19.8 Å². The van der Waals surface area contributed by atoms with Crippen molar-refractivity contribution < 1.29 is 0 Å². The van der Waals surface area contributed by atoms with Crippen LogP contribution in [0.25, 0.3) is 0 Å². The first-order chi connectivity index (χ1) is 12.1. The average Bonchev–Trinajstić information content (AvgIpc) is 3.10. The van der Waals surface area contributed by atoms with E-state index in [2.05, 4.69) is 58.7 Å². The van der Waals surface area contributed by atoms with Crippen LogP contribution in [0.1, 0.15) is 28.8 Å². The highest BCUT2D eigenvalue weighted by molar-refractivity contribution is 14.0. The van der Waals surface area contributed by atoms with Gasteiger partial charge in [-0.05, 0) is 73.9 Å². The van der Waals surface area contributed by atoms with Crippen LogP contribution in [0.15, 0.2) is 40.7 Å². The summed E-state index contributed by atoms with van der Waals surface area (Å²) in [6.45, 7) is 8.38. The van der Waals surface area contributed by atoms with E-state index in [1.54, 1.807) is 0 Å². The number of aliphatic imine (C=N–C) groups is 1. The SMILES string of the molecule is Cc1ccc(NC(N)=NCC2CCCN(Cc3cccs3)C2)cc1C.I. The number of hydrogen-bond acceptors (Lipinski definition) is 3. The first-order valence-electron chi connectivity index (χ1n) is 8.99. The molecule has 0 saturated carbocycles. The number of rotatable bonds is 5. The van der Waals surface area contributed by atoms with Crippen LogP contribution >= 0.6 is 35.3 Å². The van der Waals surface area contributed by atoms with Crippen molar-refractivity contribution in [3.63, 3.8) is 0 Å². The van der Waals surface area contributed by atoms with E-state index in [1.807, 2.05) is 17.4 Å². The predicted molar refractivity (Wildman–Crippen MR) is 124 cm³/mol. The Hall–Kier alpha value is -1.12. The zero-order chi connectivity index (χ0) is 17.6. The topological polar surface area (TPSA) is 53.6 Å². The highest BCUT2D eigenvalue weighted by Gasteiger charge is 2.20. The Labute approximate surface area is 177 Å². The second-order valence-corrected chi connectivity index (χ2v) is 8.00. The Morgan fingerprint density at radius 1 is 1.31 bits per heavy atom. The van der Waals surface area contributed by atoms with E-state index in [1.165, 1.54) is 35.4 Å². The molecule has 26 heavy (non-hydrogen) atoms. The molecule has 0 spiro atoms. The fourth-order valence-corrected chi connectivity index (χ4v) is 4.05. The third-order valence-corrected chi connectivity index (χ3v) is 5.72. The molecule has 1 saturated heterocycles. The normalized spacial score (nSPS) is 18.4. The van der Waals surface area contributed by atoms with E-state index in [-0.39, 0.29) is 24.0 Å². The van der Waals surface area contributed by atoms with E-state index in [0.29, 0.717) is 11.9 Å². The highest BCUT2D eigenvalue weighted by Crippen LogP contribution is 2.20. The number of benzene rings is 1. The molecule has 6 heteroatoms. The van der Waals surface area contributed by atoms with Gasteiger partial charge in [-0.15, -0.1) is 35.3 Å². The molecule has 0 radical (unpaired) electrons. The third-order valence-electron chi connectivity index (χ3n) is 4.86. The molecule has 0 amide bonds. The fraction of sp³-hybridized carbons (Fsp3) is 0.450. The molecule has 1 aromatic heterocycles. The van der Waals surface area contributed by atoms with Crippen molar-refractivity contribution in [1.29, 1.82) is 0 Å². The minimum Gasteiger partial charge on any atom is -0.370 e. The van der Waals surface area contributed by atoms with Crippen molar-refractivity contribution in [1.82, 2.24) is 4.90 Å². The Kier molecular flexibility index (Phi) is 8.37. The molecule has 142 valence electrons. The van der Waals surface area contributed by atoms with Gasteiger partial charge in [-0.1, -0.05) is 12.1 Å². The summed E-state index contributed by atoms with van der Waals surface area (Å²) in [7, 11) is 0. The average molecular weight is 484 g/mol. The Morgan fingerprint density at radius 3 is 2.88 bits per heavy atom. The van der Waals surface area contributed by atoms with E-state index in [9.17, 15) is 0 Å². The summed E-state index contributed by atoms with van der Waals surface area (Å²) >= 11 is 1.84. The molecule has 1 aliphatic rings. The standard InChI is InChI=1S/C20H28N4S.HI/c1-15-7-8-18(11-16(15)2)23-20(21)22-12-17-5-3-9-24(13-17)14-19-6-4-10-25-19;/h4,6-8,10-11,17H,3,5,9,12-14H2,1-2H3,(H3,21,22,23);1H. The van der Waals surface area contributed by atoms with Gasteiger partial charge >= 0.3 is 0 Å². The summed E-state index contributed by atoms with van der Waals surface area (Å²) in [5.74, 6) is 1.10. The van der Waals surface area contributed by atoms with E-state index < -0.39 is 0 Å². The molecule has 0 bridgehead atoms. The predicted octanol–water partition coefficient (Wildman–Crippen LogP) is 4.62. The summed E-state index contributed by atoms with van der Waals surface area (Å²) in [4.78, 5) is 8.57. The lowest BCUT2D eigenvalue weighted by Gasteiger charge is -2.31. The molecule has 1 aromatic carbocycles. The molecule has 2 aromatic rings. The van der Waals surface area contributed by atoms with Crippen molar-refractivity contribution in [2.75, 3.05) is 25.0 Å². The van der Waals surface area contributed by atoms with Crippen LogP contribution in [0.5, 0.6) is 0 Å². The summed E-state index contributed by atoms with van der Waals surface area (Å²) in [5.41, 5.74) is 9.63. The molecule has 0 aliphatic carbocycles. The number of nitrogens with zero attached hydrogens (tertiary/aromatic N) is 2. The maximum Gasteiger partial charge on any atom is 0.193 e. The molecule has 1 unspecified atom stereocenters. The van der Waals surface area contributed by atoms with Crippen LogP contribution < -0.4 is 11.1 Å². The molecular weight excluding hydrogens is 455 g/mol. The smallest absolute Gasteiger partial charge is 0.193 e. The number of halogens is 1. The van der Waals surface area contributed by atoms with Gasteiger partial charge in [0.1, 0.15) is 0 Å². The van der Waals surface area contributed by atoms with Gasteiger partial charge in [-0.3, -0.25) is 9.89 Å². The molecule has 1 atom stereocenters. The zero-order valence-electron chi connectivity index (χ0n) is 15.6. The van der Waals surface area contributed by atoms with Crippen molar-refractivity contribution >= 4 is 47.0 Å². The van der Waals surface area contributed by atoms with E-state index in [4.69, 9.17) is 5.73 Å². The lowest BCUT2D eigenvalue weighted by molar-refractivity contribution is 0.172. The maximum absolute atomic E-state index is 6.08. The molecule has 2 heterocycles. The second-order valence-electron chi connectivity index (χ2n) is 6.97. The van der Waals surface area contributed by atoms with E-state index >= 15 is 0 Å². The number of thiophene rings is 1. The summed E-state index contributed by atoms with van der Waals surface area (Å²) in [6, 6.07) is 10.6. The van der Waals surface area contributed by atoms with Crippen molar-refractivity contribution in [2.45, 2.75) is 33.2 Å². The minimum atomic E-state index is 0. The van der Waals surface area contributed by atoms with Crippen LogP contribution in [-0.2, 0) is 6.54 Å². The summed E-state index contributed by atoms with van der Waals surface area (Å²) in [6.07, 6.45) is 2.48. The zero-order valence-corrected chi connectivity index (χ0v) is 18.7. The van der Waals surface area contributed by atoms with E-state index in [0.717, 1.165) is 25.3 Å². The summed E-state index contributed by atoms with van der Waals surface area (Å²) < 4.78 is 0. The number of piperidine rings is 1. The van der Waals surface area contributed by atoms with Crippen molar-refractivity contribution in [2.24, 2.45) is 16.6 Å². The van der Waals surface area contributed by atoms with Crippen LogP contribution in [-0.4, -0.2) is 30.5 Å². The lowest BCUT2D eigenvalue weighted by atomic mass is 9.98. The first kappa shape index (κ1) is 21.2. The number of guanidine groups is 1. The Morgan fingerprint density at radius 2 is 2.15 bits per heavy atom. The second kappa shape index (κ2) is 10.3. The van der Waals surface area contributed by atoms with Gasteiger partial charge < -0.3 is 11.1 Å². The third kappa shape index (κ3) is 6.25. The van der Waals surface area contributed by atoms with Gasteiger partial charge in [0.25, 0.3) is 0 Å². The molecule has 1 fully saturated rings. The van der Waals surface area contributed by atoms with Gasteiger partial charge in [0.2, 0.25) is 0 Å². The molecule has 4 nitrogen and oxygen atoms in total. The Balaban J connectivity index is 0.00000243. The molecule has 1 aliphatic heterocycles. The largest absolute Gasteiger partial charge is 0.370 e. The molecule has 3 N–H and O–H groups in total. The van der Waals surface area contributed by atoms with Gasteiger partial charge in [0.05, 0.1) is 0 Å². The maximum atomic E-state index is 6.08. The number of aryl methyl sites for hydroxylation is 2. The van der Waals surface area contributed by atoms with Gasteiger partial charge in [0, 0.05) is 30.2 Å². The molecule has 3 rings (SSSR count). The quantitative estimate of drug-likeness (QED) is 0.370. The number of anilines is 1. The van der Waals surface area contributed by atoms with Crippen LogP contribution in [0.2, 0.25) is 0 Å². The monoisotopic (exact) mass is 484 g/mol. The van der Waals surface area contributed by atoms with Crippen molar-refractivity contribution in [3.05, 3.63) is 51.7 Å². The molecular formula is C20H29IN4S. The fourth-order valence-electron chi connectivity index (χ4n) is 3.30. The minimum absolute atomic E-state index is 0. The van der Waals surface area contributed by atoms with Gasteiger partial charge in [0.15, 0.2) is 5.96 Å². The van der Waals surface area contributed by atoms with Crippen LogP contribution in [0.4, 0.5) is 5.69 Å². The number of nitrogens with two attached hydrogens (primary N) is 1. The lowest BCUT2D eigenvalue weighted by Crippen LogP contribution is -2.36.